The maximum absolute atomic E-state index is 13.8. The number of rotatable bonds is 4. The lowest BCUT2D eigenvalue weighted by molar-refractivity contribution is 0.618. The van der Waals surface area contributed by atoms with Crippen LogP contribution in [0.2, 0.25) is 0 Å². The van der Waals surface area contributed by atoms with Crippen LogP contribution < -0.4 is 10.6 Å². The zero-order valence-corrected chi connectivity index (χ0v) is 12.3. The van der Waals surface area contributed by atoms with Gasteiger partial charge in [0, 0.05) is 23.2 Å². The third-order valence-electron chi connectivity index (χ3n) is 2.93. The van der Waals surface area contributed by atoms with Gasteiger partial charge in [0.05, 0.1) is 5.69 Å². The van der Waals surface area contributed by atoms with E-state index < -0.39 is 0 Å². The molecule has 2 N–H and O–H groups in total. The van der Waals surface area contributed by atoms with Crippen molar-refractivity contribution < 1.29 is 4.39 Å². The van der Waals surface area contributed by atoms with E-state index in [9.17, 15) is 4.39 Å². The molecule has 4 heteroatoms. The predicted molar refractivity (Wildman–Crippen MR) is 81.7 cm³/mol. The van der Waals surface area contributed by atoms with Gasteiger partial charge in [0.2, 0.25) is 0 Å². The number of nitrogens with two attached hydrogens (primary N) is 1. The summed E-state index contributed by atoms with van der Waals surface area (Å²) in [5, 5.41) is 0. The van der Waals surface area contributed by atoms with E-state index >= 15 is 0 Å². The van der Waals surface area contributed by atoms with Crippen LogP contribution in [0.15, 0.2) is 46.9 Å². The molecule has 0 spiro atoms. The minimum Gasteiger partial charge on any atom is -0.399 e. The molecule has 0 unspecified atom stereocenters. The monoisotopic (exact) mass is 322 g/mol. The Kier molecular flexibility index (Phi) is 4.43. The van der Waals surface area contributed by atoms with E-state index in [1.807, 2.05) is 36.1 Å². The highest BCUT2D eigenvalue weighted by Crippen LogP contribution is 2.23. The van der Waals surface area contributed by atoms with Crippen molar-refractivity contribution in [3.63, 3.8) is 0 Å². The SMILES string of the molecule is CCN(Cc1cc(N)cc(Br)c1)c1ccccc1F. The summed E-state index contributed by atoms with van der Waals surface area (Å²) in [5.74, 6) is -0.202. The van der Waals surface area contributed by atoms with Crippen LogP contribution >= 0.6 is 15.9 Å². The summed E-state index contributed by atoms with van der Waals surface area (Å²) < 4.78 is 14.7. The zero-order valence-electron chi connectivity index (χ0n) is 10.7. The number of nitrogen functional groups attached to an aromatic ring is 1. The molecule has 0 heterocycles. The van der Waals surface area contributed by atoms with Crippen LogP contribution in [0.3, 0.4) is 0 Å². The molecule has 100 valence electrons. The molecule has 2 nitrogen and oxygen atoms in total. The topological polar surface area (TPSA) is 29.3 Å². The van der Waals surface area contributed by atoms with E-state index in [1.165, 1.54) is 6.07 Å². The standard InChI is InChI=1S/C15H16BrFN2/c1-2-19(15-6-4-3-5-14(15)17)10-11-7-12(16)9-13(18)8-11/h3-9H,2,10,18H2,1H3. The lowest BCUT2D eigenvalue weighted by Gasteiger charge is -2.24. The van der Waals surface area contributed by atoms with Gasteiger partial charge in [-0.3, -0.25) is 0 Å². The number of halogens is 2. The second-order valence-corrected chi connectivity index (χ2v) is 5.27. The minimum absolute atomic E-state index is 0.202. The van der Waals surface area contributed by atoms with Gasteiger partial charge in [-0.2, -0.15) is 0 Å². The Morgan fingerprint density at radius 3 is 2.58 bits per heavy atom. The normalized spacial score (nSPS) is 10.5. The summed E-state index contributed by atoms with van der Waals surface area (Å²) in [7, 11) is 0. The van der Waals surface area contributed by atoms with Crippen LogP contribution in [0.4, 0.5) is 15.8 Å². The predicted octanol–water partition coefficient (Wildman–Crippen LogP) is 4.20. The summed E-state index contributed by atoms with van der Waals surface area (Å²) in [6, 6.07) is 12.6. The molecule has 0 aliphatic rings. The molecule has 0 aliphatic carbocycles. The van der Waals surface area contributed by atoms with E-state index in [0.29, 0.717) is 17.9 Å². The number of nitrogens with zero attached hydrogens (tertiary/aromatic N) is 1. The quantitative estimate of drug-likeness (QED) is 0.855. The first-order chi connectivity index (χ1) is 9.10. The molecule has 0 saturated heterocycles. The fraction of sp³-hybridized carbons (Fsp3) is 0.200. The Morgan fingerprint density at radius 1 is 1.21 bits per heavy atom. The van der Waals surface area contributed by atoms with Crippen molar-refractivity contribution >= 4 is 27.3 Å². The van der Waals surface area contributed by atoms with Gasteiger partial charge < -0.3 is 10.6 Å². The van der Waals surface area contributed by atoms with Crippen LogP contribution in [0.5, 0.6) is 0 Å². The van der Waals surface area contributed by atoms with Crippen LogP contribution in [0, 0.1) is 5.82 Å². The summed E-state index contributed by atoms with van der Waals surface area (Å²) in [4.78, 5) is 1.98. The highest BCUT2D eigenvalue weighted by molar-refractivity contribution is 9.10. The molecule has 0 bridgehead atoms. The number of anilines is 2. The van der Waals surface area contributed by atoms with E-state index in [0.717, 1.165) is 16.6 Å². The molecule has 0 fully saturated rings. The third kappa shape index (κ3) is 3.47. The van der Waals surface area contributed by atoms with Crippen molar-refractivity contribution in [1.29, 1.82) is 0 Å². The molecule has 19 heavy (non-hydrogen) atoms. The fourth-order valence-corrected chi connectivity index (χ4v) is 2.62. The minimum atomic E-state index is -0.202. The van der Waals surface area contributed by atoms with Gasteiger partial charge >= 0.3 is 0 Å². The Morgan fingerprint density at radius 2 is 1.95 bits per heavy atom. The van der Waals surface area contributed by atoms with E-state index in [4.69, 9.17) is 5.73 Å². The highest BCUT2D eigenvalue weighted by Gasteiger charge is 2.10. The molecular weight excluding hydrogens is 307 g/mol. The Hall–Kier alpha value is -1.55. The van der Waals surface area contributed by atoms with Crippen LogP contribution in [0.1, 0.15) is 12.5 Å². The average Bonchev–Trinajstić information content (AvgIpc) is 2.36. The zero-order chi connectivity index (χ0) is 13.8. The summed E-state index contributed by atoms with van der Waals surface area (Å²) in [5.41, 5.74) is 8.19. The van der Waals surface area contributed by atoms with Crippen molar-refractivity contribution in [3.05, 3.63) is 58.3 Å². The number of hydrogen-bond donors (Lipinski definition) is 1. The summed E-state index contributed by atoms with van der Waals surface area (Å²) >= 11 is 3.42. The number of para-hydroxylation sites is 1. The fourth-order valence-electron chi connectivity index (χ4n) is 2.06. The van der Waals surface area contributed by atoms with Gasteiger partial charge in [-0.15, -0.1) is 0 Å². The molecule has 0 radical (unpaired) electrons. The summed E-state index contributed by atoms with van der Waals surface area (Å²) in [6.07, 6.45) is 0. The first-order valence-electron chi connectivity index (χ1n) is 6.14. The van der Waals surface area contributed by atoms with Crippen LogP contribution in [0.25, 0.3) is 0 Å². The van der Waals surface area contributed by atoms with Crippen molar-refractivity contribution in [2.75, 3.05) is 17.2 Å². The second kappa shape index (κ2) is 6.06. The van der Waals surface area contributed by atoms with Gasteiger partial charge in [0.15, 0.2) is 0 Å². The van der Waals surface area contributed by atoms with Crippen molar-refractivity contribution in [2.24, 2.45) is 0 Å². The Bertz CT molecular complexity index is 552. The maximum Gasteiger partial charge on any atom is 0.146 e. The van der Waals surface area contributed by atoms with E-state index in [2.05, 4.69) is 15.9 Å². The molecule has 0 aliphatic heterocycles. The van der Waals surface area contributed by atoms with Crippen molar-refractivity contribution in [3.8, 4) is 0 Å². The second-order valence-electron chi connectivity index (χ2n) is 4.36. The number of benzene rings is 2. The third-order valence-corrected chi connectivity index (χ3v) is 3.39. The Labute approximate surface area is 121 Å². The molecule has 0 aromatic heterocycles. The molecule has 2 aromatic rings. The van der Waals surface area contributed by atoms with Gasteiger partial charge in [-0.05, 0) is 42.8 Å². The lowest BCUT2D eigenvalue weighted by Crippen LogP contribution is -2.23. The Balaban J connectivity index is 2.26. The van der Waals surface area contributed by atoms with Gasteiger partial charge in [-0.25, -0.2) is 4.39 Å². The van der Waals surface area contributed by atoms with Crippen molar-refractivity contribution in [1.82, 2.24) is 0 Å². The van der Waals surface area contributed by atoms with E-state index in [-0.39, 0.29) is 5.82 Å². The van der Waals surface area contributed by atoms with Crippen LogP contribution in [-0.4, -0.2) is 6.54 Å². The van der Waals surface area contributed by atoms with Crippen LogP contribution in [-0.2, 0) is 6.54 Å². The maximum atomic E-state index is 13.8. The van der Waals surface area contributed by atoms with Crippen molar-refractivity contribution in [2.45, 2.75) is 13.5 Å². The first kappa shape index (κ1) is 13.9. The van der Waals surface area contributed by atoms with E-state index in [1.54, 1.807) is 12.1 Å². The molecule has 0 saturated carbocycles. The lowest BCUT2D eigenvalue weighted by atomic mass is 10.1. The largest absolute Gasteiger partial charge is 0.399 e. The van der Waals surface area contributed by atoms with Gasteiger partial charge in [0.25, 0.3) is 0 Å². The molecular formula is C15H16BrFN2. The molecule has 0 atom stereocenters. The van der Waals surface area contributed by atoms with Gasteiger partial charge in [0.1, 0.15) is 5.82 Å². The summed E-state index contributed by atoms with van der Waals surface area (Å²) in [6.45, 7) is 3.36. The number of hydrogen-bond acceptors (Lipinski definition) is 2. The highest BCUT2D eigenvalue weighted by atomic mass is 79.9. The molecule has 2 aromatic carbocycles. The average molecular weight is 323 g/mol. The molecule has 2 rings (SSSR count). The first-order valence-corrected chi connectivity index (χ1v) is 6.94. The smallest absolute Gasteiger partial charge is 0.146 e. The van der Waals surface area contributed by atoms with Gasteiger partial charge in [-0.1, -0.05) is 28.1 Å². The molecule has 0 amide bonds.